The lowest BCUT2D eigenvalue weighted by molar-refractivity contribution is 0.449. The summed E-state index contributed by atoms with van der Waals surface area (Å²) in [5.74, 6) is 2.26. The van der Waals surface area contributed by atoms with Gasteiger partial charge in [-0.25, -0.2) is 9.97 Å². The molecule has 1 rings (SSSR count). The monoisotopic (exact) mass is 213 g/mol. The van der Waals surface area contributed by atoms with Crippen LogP contribution >= 0.6 is 11.6 Å². The molecule has 0 fully saturated rings. The first-order valence-corrected chi connectivity index (χ1v) is 5.16. The largest absolute Gasteiger partial charge is 0.369 e. The molecule has 0 aromatic carbocycles. The Labute approximate surface area is 89.9 Å². The molecular weight excluding hydrogens is 198 g/mol. The first kappa shape index (κ1) is 11.2. The number of nitrogens with zero attached hydrogens (tertiary/aromatic N) is 2. The van der Waals surface area contributed by atoms with E-state index < -0.39 is 0 Å². The first-order valence-electron chi connectivity index (χ1n) is 4.63. The van der Waals surface area contributed by atoms with E-state index in [2.05, 4.69) is 29.1 Å². The van der Waals surface area contributed by atoms with Crippen molar-refractivity contribution in [3.05, 3.63) is 18.1 Å². The van der Waals surface area contributed by atoms with Crippen molar-refractivity contribution in [2.75, 3.05) is 17.7 Å². The van der Waals surface area contributed by atoms with Gasteiger partial charge in [0.2, 0.25) is 0 Å². The van der Waals surface area contributed by atoms with Gasteiger partial charge >= 0.3 is 0 Å². The smallest absolute Gasteiger partial charge is 0.129 e. The van der Waals surface area contributed by atoms with Crippen LogP contribution < -0.4 is 5.32 Å². The lowest BCUT2D eigenvalue weighted by Crippen LogP contribution is -2.25. The lowest BCUT2D eigenvalue weighted by Gasteiger charge is -2.21. The highest BCUT2D eigenvalue weighted by Gasteiger charge is 2.15. The summed E-state index contributed by atoms with van der Waals surface area (Å²) in [7, 11) is 0. The molecule has 0 radical (unpaired) electrons. The molecule has 0 aliphatic rings. The van der Waals surface area contributed by atoms with E-state index in [1.54, 1.807) is 6.20 Å². The fraction of sp³-hybridized carbons (Fsp3) is 0.600. The van der Waals surface area contributed by atoms with Crippen molar-refractivity contribution in [2.24, 2.45) is 5.41 Å². The predicted molar refractivity (Wildman–Crippen MR) is 59.8 cm³/mol. The highest BCUT2D eigenvalue weighted by atomic mass is 35.5. The minimum absolute atomic E-state index is 0.0837. The second kappa shape index (κ2) is 4.60. The molecule has 1 heterocycles. The van der Waals surface area contributed by atoms with E-state index in [0.717, 1.165) is 18.2 Å². The molecule has 0 bridgehead atoms. The SMILES string of the molecule is Cc1nccc(NCC(C)(C)CCl)n1. The van der Waals surface area contributed by atoms with E-state index in [4.69, 9.17) is 11.6 Å². The van der Waals surface area contributed by atoms with Crippen molar-refractivity contribution < 1.29 is 0 Å². The third-order valence-corrected chi connectivity index (χ3v) is 2.61. The Balaban J connectivity index is 2.54. The van der Waals surface area contributed by atoms with Crippen LogP contribution in [0.15, 0.2) is 12.3 Å². The Kier molecular flexibility index (Phi) is 3.69. The van der Waals surface area contributed by atoms with Gasteiger partial charge in [0, 0.05) is 18.6 Å². The van der Waals surface area contributed by atoms with Gasteiger partial charge in [-0.05, 0) is 18.4 Å². The summed E-state index contributed by atoms with van der Waals surface area (Å²) in [6.45, 7) is 6.91. The molecule has 0 atom stereocenters. The molecule has 0 amide bonds. The fourth-order valence-electron chi connectivity index (χ4n) is 0.932. The van der Waals surface area contributed by atoms with Crippen LogP contribution in [0.25, 0.3) is 0 Å². The fourth-order valence-corrected chi connectivity index (χ4v) is 1.03. The normalized spacial score (nSPS) is 11.4. The van der Waals surface area contributed by atoms with Crippen LogP contribution in [0.3, 0.4) is 0 Å². The topological polar surface area (TPSA) is 37.8 Å². The zero-order valence-electron chi connectivity index (χ0n) is 8.84. The van der Waals surface area contributed by atoms with Gasteiger partial charge in [0.05, 0.1) is 0 Å². The Morgan fingerprint density at radius 3 is 2.79 bits per heavy atom. The Bertz CT molecular complexity index is 299. The summed E-state index contributed by atoms with van der Waals surface area (Å²) in [6, 6.07) is 1.86. The van der Waals surface area contributed by atoms with Gasteiger partial charge in [0.15, 0.2) is 0 Å². The number of hydrogen-bond acceptors (Lipinski definition) is 3. The molecule has 1 aromatic heterocycles. The van der Waals surface area contributed by atoms with Crippen molar-refractivity contribution in [2.45, 2.75) is 20.8 Å². The van der Waals surface area contributed by atoms with E-state index in [1.807, 2.05) is 13.0 Å². The van der Waals surface area contributed by atoms with Gasteiger partial charge in [0.1, 0.15) is 11.6 Å². The van der Waals surface area contributed by atoms with Gasteiger partial charge in [-0.1, -0.05) is 13.8 Å². The molecule has 0 unspecified atom stereocenters. The number of anilines is 1. The average Bonchev–Trinajstić information content (AvgIpc) is 2.15. The molecule has 14 heavy (non-hydrogen) atoms. The molecule has 0 saturated carbocycles. The minimum atomic E-state index is 0.0837. The summed E-state index contributed by atoms with van der Waals surface area (Å²) in [5, 5.41) is 3.24. The van der Waals surface area contributed by atoms with Crippen LogP contribution in [-0.4, -0.2) is 22.4 Å². The van der Waals surface area contributed by atoms with E-state index in [-0.39, 0.29) is 5.41 Å². The van der Waals surface area contributed by atoms with Crippen molar-refractivity contribution >= 4 is 17.4 Å². The highest BCUT2D eigenvalue weighted by molar-refractivity contribution is 6.18. The summed E-state index contributed by atoms with van der Waals surface area (Å²) in [5.41, 5.74) is 0.0837. The number of aryl methyl sites for hydroxylation is 1. The third kappa shape index (κ3) is 3.50. The minimum Gasteiger partial charge on any atom is -0.369 e. The highest BCUT2D eigenvalue weighted by Crippen LogP contribution is 2.17. The summed E-state index contributed by atoms with van der Waals surface area (Å²) < 4.78 is 0. The van der Waals surface area contributed by atoms with Gasteiger partial charge < -0.3 is 5.32 Å². The molecule has 1 N–H and O–H groups in total. The number of alkyl halides is 1. The molecule has 0 saturated heterocycles. The number of nitrogens with one attached hydrogen (secondary N) is 1. The molecular formula is C10H16ClN3. The number of halogens is 1. The second-order valence-electron chi connectivity index (χ2n) is 4.14. The van der Waals surface area contributed by atoms with E-state index in [1.165, 1.54) is 0 Å². The maximum atomic E-state index is 5.82. The van der Waals surface area contributed by atoms with Crippen LogP contribution in [0.4, 0.5) is 5.82 Å². The van der Waals surface area contributed by atoms with Gasteiger partial charge in [-0.2, -0.15) is 0 Å². The Morgan fingerprint density at radius 2 is 2.21 bits per heavy atom. The van der Waals surface area contributed by atoms with E-state index in [0.29, 0.717) is 5.88 Å². The van der Waals surface area contributed by atoms with Crippen molar-refractivity contribution in [3.63, 3.8) is 0 Å². The Hall–Kier alpha value is -0.830. The molecule has 1 aromatic rings. The van der Waals surface area contributed by atoms with Crippen LogP contribution in [0.5, 0.6) is 0 Å². The number of hydrogen-bond donors (Lipinski definition) is 1. The van der Waals surface area contributed by atoms with Crippen LogP contribution in [0, 0.1) is 12.3 Å². The second-order valence-corrected chi connectivity index (χ2v) is 4.41. The molecule has 0 spiro atoms. The summed E-state index contributed by atoms with van der Waals surface area (Å²) in [6.07, 6.45) is 1.75. The van der Waals surface area contributed by atoms with Crippen LogP contribution in [-0.2, 0) is 0 Å². The van der Waals surface area contributed by atoms with Crippen molar-refractivity contribution in [1.82, 2.24) is 9.97 Å². The quantitative estimate of drug-likeness (QED) is 0.781. The van der Waals surface area contributed by atoms with Crippen LogP contribution in [0.2, 0.25) is 0 Å². The molecule has 0 aliphatic carbocycles. The molecule has 0 aliphatic heterocycles. The Morgan fingerprint density at radius 1 is 1.50 bits per heavy atom. The van der Waals surface area contributed by atoms with Gasteiger partial charge in [-0.3, -0.25) is 0 Å². The molecule has 3 nitrogen and oxygen atoms in total. The van der Waals surface area contributed by atoms with E-state index >= 15 is 0 Å². The molecule has 78 valence electrons. The number of rotatable bonds is 4. The summed E-state index contributed by atoms with van der Waals surface area (Å²) in [4.78, 5) is 8.27. The van der Waals surface area contributed by atoms with Gasteiger partial charge in [0.25, 0.3) is 0 Å². The summed E-state index contributed by atoms with van der Waals surface area (Å²) >= 11 is 5.82. The maximum absolute atomic E-state index is 5.82. The number of aromatic nitrogens is 2. The third-order valence-electron chi connectivity index (χ3n) is 1.89. The predicted octanol–water partition coefficient (Wildman–Crippen LogP) is 2.46. The van der Waals surface area contributed by atoms with Crippen molar-refractivity contribution in [1.29, 1.82) is 0 Å². The zero-order chi connectivity index (χ0) is 10.6. The maximum Gasteiger partial charge on any atom is 0.129 e. The lowest BCUT2D eigenvalue weighted by atomic mass is 9.97. The van der Waals surface area contributed by atoms with E-state index in [9.17, 15) is 0 Å². The standard InChI is InChI=1S/C10H16ClN3/c1-8-12-5-4-9(14-8)13-7-10(2,3)6-11/h4-5H,6-7H2,1-3H3,(H,12,13,14). The van der Waals surface area contributed by atoms with Gasteiger partial charge in [-0.15, -0.1) is 11.6 Å². The average molecular weight is 214 g/mol. The zero-order valence-corrected chi connectivity index (χ0v) is 9.60. The van der Waals surface area contributed by atoms with Crippen LogP contribution in [0.1, 0.15) is 19.7 Å². The molecule has 4 heteroatoms. The first-order chi connectivity index (χ1) is 6.53. The van der Waals surface area contributed by atoms with Crippen molar-refractivity contribution in [3.8, 4) is 0 Å².